The zero-order chi connectivity index (χ0) is 37.7. The predicted molar refractivity (Wildman–Crippen MR) is 187 cm³/mol. The molecule has 7 aliphatic rings. The van der Waals surface area contributed by atoms with Crippen LogP contribution in [0.15, 0.2) is 11.6 Å². The zero-order valence-electron chi connectivity index (χ0n) is 32.0. The van der Waals surface area contributed by atoms with Gasteiger partial charge in [0.2, 0.25) is 0 Å². The number of carbonyl (C=O) groups excluding carboxylic acids is 1. The Morgan fingerprint density at radius 3 is 2.29 bits per heavy atom. The zero-order valence-corrected chi connectivity index (χ0v) is 32.0. The van der Waals surface area contributed by atoms with E-state index in [4.69, 9.17) is 23.7 Å². The lowest BCUT2D eigenvalue weighted by Crippen LogP contribution is -2.63. The Labute approximate surface area is 308 Å². The number of aliphatic hydroxyl groups is 6. The van der Waals surface area contributed by atoms with Crippen molar-refractivity contribution < 1.29 is 59.1 Å². The quantitative estimate of drug-likeness (QED) is 0.122. The summed E-state index contributed by atoms with van der Waals surface area (Å²) in [5.41, 5.74) is -0.795. The van der Waals surface area contributed by atoms with E-state index in [0.717, 1.165) is 51.4 Å². The smallest absolute Gasteiger partial charge is 0.316 e. The summed E-state index contributed by atoms with van der Waals surface area (Å²) in [5.74, 6) is 0.797. The monoisotopic (exact) mass is 736 g/mol. The summed E-state index contributed by atoms with van der Waals surface area (Å²) < 4.78 is 30.6. The Morgan fingerprint density at radius 2 is 1.58 bits per heavy atom. The van der Waals surface area contributed by atoms with Gasteiger partial charge in [-0.2, -0.15) is 0 Å². The van der Waals surface area contributed by atoms with Gasteiger partial charge in [-0.15, -0.1) is 0 Å². The van der Waals surface area contributed by atoms with Gasteiger partial charge in [-0.1, -0.05) is 52.7 Å². The van der Waals surface area contributed by atoms with E-state index >= 15 is 0 Å². The standard InChI is InChI=1S/C40H64O12/c1-19(2)9-8-15-39(7)26-13-11-22-21-10-12-25-37(4,5)28(14-16-38(25,6)23(21)17-27(42)40(22,26)36(47)52-39)50-35-33(30(44)24(41)18-48-35)51-34-32(46)31(45)29(43)20(3)49-34/h17,19-22,24-35,41-46H,8-16,18H2,1-7H3/t20-,21?,22?,24-,25?,26-,27+,28+,29-,30+,31+,32-,33-,34+,35+,38-,39+,40-/m1/s1. The van der Waals surface area contributed by atoms with E-state index in [1.807, 2.05) is 0 Å². The fourth-order valence-electron chi connectivity index (χ4n) is 12.5. The maximum atomic E-state index is 14.0. The number of hydrogen-bond donors (Lipinski definition) is 6. The van der Waals surface area contributed by atoms with E-state index in [9.17, 15) is 35.4 Å². The van der Waals surface area contributed by atoms with Gasteiger partial charge < -0.3 is 54.3 Å². The van der Waals surface area contributed by atoms with Crippen LogP contribution in [0.5, 0.6) is 0 Å². The van der Waals surface area contributed by atoms with Crippen LogP contribution in [-0.2, 0) is 28.5 Å². The van der Waals surface area contributed by atoms with Gasteiger partial charge >= 0.3 is 5.97 Å². The van der Waals surface area contributed by atoms with Crippen LogP contribution in [-0.4, -0.2) is 116 Å². The van der Waals surface area contributed by atoms with Crippen LogP contribution in [0, 0.1) is 45.8 Å². The largest absolute Gasteiger partial charge is 0.459 e. The summed E-state index contributed by atoms with van der Waals surface area (Å²) in [6.07, 6.45) is -2.92. The minimum atomic E-state index is -1.60. The first-order valence-electron chi connectivity index (χ1n) is 20.0. The molecule has 0 radical (unpaired) electrons. The maximum Gasteiger partial charge on any atom is 0.316 e. The normalized spacial score (nSPS) is 52.7. The van der Waals surface area contributed by atoms with E-state index in [-0.39, 0.29) is 53.2 Å². The highest BCUT2D eigenvalue weighted by Gasteiger charge is 2.74. The van der Waals surface area contributed by atoms with Gasteiger partial charge in [-0.05, 0) is 99.7 Å². The van der Waals surface area contributed by atoms with Crippen LogP contribution in [0.3, 0.4) is 0 Å². The molecule has 3 saturated heterocycles. The minimum Gasteiger partial charge on any atom is -0.459 e. The number of fused-ring (bicyclic) bond motifs is 4. The summed E-state index contributed by atoms with van der Waals surface area (Å²) in [6.45, 7) is 14.6. The molecule has 6 N–H and O–H groups in total. The van der Waals surface area contributed by atoms with Gasteiger partial charge in [-0.25, -0.2) is 0 Å². The molecule has 1 spiro atoms. The number of cyclic esters (lactones) is 1. The van der Waals surface area contributed by atoms with Crippen molar-refractivity contribution in [2.45, 2.75) is 179 Å². The fourth-order valence-corrected chi connectivity index (χ4v) is 12.5. The SMILES string of the molecule is CC(C)CCC[C@]1(C)OC(=O)[C@]23C(CC[C@@H]21)C1CCC2C(C)(C)[C@@H](O[C@@H]4OC[C@@H](O)[C@H](O)[C@H]4O[C@@H]4O[C@H](C)[C@@H](O)[C@H](O)[C@H]4O)CC[C@]2(C)C1=C[C@@H]3O. The molecule has 296 valence electrons. The van der Waals surface area contributed by atoms with Crippen LogP contribution in [0.4, 0.5) is 0 Å². The maximum absolute atomic E-state index is 14.0. The lowest BCUT2D eigenvalue weighted by atomic mass is 9.43. The van der Waals surface area contributed by atoms with E-state index in [2.05, 4.69) is 47.6 Å². The van der Waals surface area contributed by atoms with Crippen LogP contribution < -0.4 is 0 Å². The van der Waals surface area contributed by atoms with E-state index < -0.39 is 72.4 Å². The third kappa shape index (κ3) is 5.87. The molecule has 12 heteroatoms. The molecule has 12 nitrogen and oxygen atoms in total. The lowest BCUT2D eigenvalue weighted by molar-refractivity contribution is -0.363. The topological polar surface area (TPSA) is 185 Å². The summed E-state index contributed by atoms with van der Waals surface area (Å²) in [7, 11) is 0. The Bertz CT molecular complexity index is 1370. The first kappa shape index (κ1) is 39.1. The van der Waals surface area contributed by atoms with Crippen LogP contribution in [0.25, 0.3) is 0 Å². The molecule has 0 aromatic rings. The average Bonchev–Trinajstić information content (AvgIpc) is 3.59. The van der Waals surface area contributed by atoms with Gasteiger partial charge in [0, 0.05) is 5.92 Å². The van der Waals surface area contributed by atoms with Crippen molar-refractivity contribution in [3.05, 3.63) is 11.6 Å². The second kappa shape index (κ2) is 13.8. The molecule has 3 aliphatic heterocycles. The predicted octanol–water partition coefficient (Wildman–Crippen LogP) is 2.97. The number of aliphatic hydroxyl groups excluding tert-OH is 6. The summed E-state index contributed by atoms with van der Waals surface area (Å²) in [5, 5.41) is 64.9. The highest BCUT2D eigenvalue weighted by Crippen LogP contribution is 2.71. The molecule has 3 unspecified atom stereocenters. The molecule has 0 bridgehead atoms. The highest BCUT2D eigenvalue weighted by molar-refractivity contribution is 5.83. The number of hydrogen-bond acceptors (Lipinski definition) is 12. The van der Waals surface area contributed by atoms with Crippen LogP contribution in [0.1, 0.15) is 106 Å². The first-order chi connectivity index (χ1) is 24.4. The fraction of sp³-hybridized carbons (Fsp3) is 0.925. The van der Waals surface area contributed by atoms with Crippen molar-refractivity contribution in [3.63, 3.8) is 0 Å². The molecule has 3 saturated carbocycles. The second-order valence-electron chi connectivity index (χ2n) is 18.9. The number of allylic oxidation sites excluding steroid dienone is 1. The molecule has 0 amide bonds. The Balaban J connectivity index is 1.10. The minimum absolute atomic E-state index is 0.000221. The Morgan fingerprint density at radius 1 is 0.865 bits per heavy atom. The molecule has 7 rings (SSSR count). The molecular weight excluding hydrogens is 672 g/mol. The molecule has 0 aromatic carbocycles. The summed E-state index contributed by atoms with van der Waals surface area (Å²) >= 11 is 0. The van der Waals surface area contributed by atoms with Gasteiger partial charge in [0.05, 0.1) is 24.9 Å². The highest BCUT2D eigenvalue weighted by atomic mass is 16.8. The van der Waals surface area contributed by atoms with E-state index in [1.165, 1.54) is 5.57 Å². The molecule has 52 heavy (non-hydrogen) atoms. The Kier molecular flexibility index (Phi) is 10.3. The number of esters is 1. The molecule has 0 aromatic heterocycles. The van der Waals surface area contributed by atoms with Gasteiger partial charge in [0.25, 0.3) is 0 Å². The molecule has 3 heterocycles. The van der Waals surface area contributed by atoms with Crippen molar-refractivity contribution in [1.29, 1.82) is 0 Å². The van der Waals surface area contributed by atoms with E-state index in [1.54, 1.807) is 6.92 Å². The van der Waals surface area contributed by atoms with Gasteiger partial charge in [0.1, 0.15) is 47.6 Å². The van der Waals surface area contributed by atoms with Crippen molar-refractivity contribution in [3.8, 4) is 0 Å². The van der Waals surface area contributed by atoms with Crippen LogP contribution in [0.2, 0.25) is 0 Å². The number of carbonyl (C=O) groups is 1. The first-order valence-corrected chi connectivity index (χ1v) is 20.0. The Hall–Kier alpha value is -1.19. The number of ether oxygens (including phenoxy) is 5. The molecule has 6 fully saturated rings. The molecule has 4 aliphatic carbocycles. The van der Waals surface area contributed by atoms with Crippen molar-refractivity contribution in [1.82, 2.24) is 0 Å². The second-order valence-corrected chi connectivity index (χ2v) is 18.9. The van der Waals surface area contributed by atoms with Crippen molar-refractivity contribution in [2.24, 2.45) is 45.8 Å². The number of rotatable bonds is 8. The average molecular weight is 737 g/mol. The molecule has 18 atom stereocenters. The van der Waals surface area contributed by atoms with E-state index in [0.29, 0.717) is 12.3 Å². The van der Waals surface area contributed by atoms with Crippen LogP contribution >= 0.6 is 0 Å². The third-order valence-electron chi connectivity index (χ3n) is 15.2. The van der Waals surface area contributed by atoms with Crippen molar-refractivity contribution >= 4 is 5.97 Å². The van der Waals surface area contributed by atoms with Gasteiger partial charge in [0.15, 0.2) is 12.6 Å². The summed E-state index contributed by atoms with van der Waals surface area (Å²) in [6, 6.07) is 0. The lowest BCUT2D eigenvalue weighted by Gasteiger charge is -2.62. The molecular formula is C40H64O12. The van der Waals surface area contributed by atoms with Gasteiger partial charge in [-0.3, -0.25) is 4.79 Å². The van der Waals surface area contributed by atoms with Crippen molar-refractivity contribution in [2.75, 3.05) is 6.61 Å². The summed E-state index contributed by atoms with van der Waals surface area (Å²) in [4.78, 5) is 14.0. The third-order valence-corrected chi connectivity index (χ3v) is 15.2.